The Bertz CT molecular complexity index is 287. The van der Waals surface area contributed by atoms with Crippen LogP contribution in [-0.4, -0.2) is 12.6 Å². The highest BCUT2D eigenvalue weighted by Gasteiger charge is 2.12. The van der Waals surface area contributed by atoms with E-state index in [9.17, 15) is 0 Å². The lowest BCUT2D eigenvalue weighted by atomic mass is 9.97. The van der Waals surface area contributed by atoms with Crippen molar-refractivity contribution in [3.8, 4) is 0 Å². The molecular formula is C13H19N. The van der Waals surface area contributed by atoms with Gasteiger partial charge in [0.2, 0.25) is 0 Å². The molecule has 0 aromatic heterocycles. The third-order valence-electron chi connectivity index (χ3n) is 2.98. The van der Waals surface area contributed by atoms with Crippen LogP contribution in [0.4, 0.5) is 0 Å². The van der Waals surface area contributed by atoms with Crippen molar-refractivity contribution >= 4 is 0 Å². The van der Waals surface area contributed by atoms with Crippen LogP contribution in [0.5, 0.6) is 0 Å². The van der Waals surface area contributed by atoms with Gasteiger partial charge in [0.25, 0.3) is 0 Å². The second kappa shape index (κ2) is 4.61. The lowest BCUT2D eigenvalue weighted by molar-refractivity contribution is 0.399. The molecule has 1 aliphatic rings. The molecule has 1 atom stereocenters. The van der Waals surface area contributed by atoms with Crippen molar-refractivity contribution in [3.05, 3.63) is 35.4 Å². The number of benzene rings is 1. The highest BCUT2D eigenvalue weighted by molar-refractivity contribution is 5.23. The van der Waals surface area contributed by atoms with Crippen LogP contribution in [0, 0.1) is 6.92 Å². The number of rotatable bonds is 2. The third-order valence-corrected chi connectivity index (χ3v) is 2.98. The first-order valence-electron chi connectivity index (χ1n) is 5.63. The molecule has 0 unspecified atom stereocenters. The fourth-order valence-corrected chi connectivity index (χ4v) is 2.22. The van der Waals surface area contributed by atoms with Gasteiger partial charge in [-0.25, -0.2) is 0 Å². The summed E-state index contributed by atoms with van der Waals surface area (Å²) in [6.07, 6.45) is 5.28. The van der Waals surface area contributed by atoms with Gasteiger partial charge in [-0.3, -0.25) is 0 Å². The van der Waals surface area contributed by atoms with Gasteiger partial charge in [-0.15, -0.1) is 0 Å². The van der Waals surface area contributed by atoms with Gasteiger partial charge in [0.1, 0.15) is 0 Å². The molecule has 0 saturated carbocycles. The molecule has 1 nitrogen and oxygen atoms in total. The first-order chi connectivity index (χ1) is 6.84. The maximum Gasteiger partial charge on any atom is 0.0107 e. The summed E-state index contributed by atoms with van der Waals surface area (Å²) in [6, 6.07) is 9.58. The van der Waals surface area contributed by atoms with Gasteiger partial charge in [-0.05, 0) is 38.3 Å². The number of nitrogens with one attached hydrogen (secondary N) is 1. The second-order valence-electron chi connectivity index (χ2n) is 4.34. The molecule has 0 radical (unpaired) electrons. The Morgan fingerprint density at radius 1 is 1.36 bits per heavy atom. The van der Waals surface area contributed by atoms with Gasteiger partial charge in [-0.1, -0.05) is 36.2 Å². The smallest absolute Gasteiger partial charge is 0.0107 e. The Morgan fingerprint density at radius 3 is 3.00 bits per heavy atom. The maximum absolute atomic E-state index is 3.59. The van der Waals surface area contributed by atoms with Crippen molar-refractivity contribution in [1.82, 2.24) is 5.32 Å². The highest BCUT2D eigenvalue weighted by Crippen LogP contribution is 2.13. The van der Waals surface area contributed by atoms with Crippen molar-refractivity contribution < 1.29 is 0 Å². The van der Waals surface area contributed by atoms with Gasteiger partial charge < -0.3 is 5.32 Å². The average Bonchev–Trinajstić information content (AvgIpc) is 2.19. The molecule has 0 spiro atoms. The predicted octanol–water partition coefficient (Wildman–Crippen LogP) is 2.68. The first kappa shape index (κ1) is 9.72. The van der Waals surface area contributed by atoms with Crippen molar-refractivity contribution in [2.24, 2.45) is 0 Å². The molecule has 1 aromatic carbocycles. The molecule has 1 aliphatic heterocycles. The average molecular weight is 189 g/mol. The van der Waals surface area contributed by atoms with Crippen LogP contribution < -0.4 is 5.32 Å². The molecule has 0 aliphatic carbocycles. The minimum absolute atomic E-state index is 0.713. The van der Waals surface area contributed by atoms with Crippen LogP contribution in [0.25, 0.3) is 0 Å². The number of hydrogen-bond acceptors (Lipinski definition) is 1. The Kier molecular flexibility index (Phi) is 3.20. The standard InChI is InChI=1S/C13H19N/c1-11-5-4-6-12(9-11)10-13-7-2-3-8-14-13/h4-6,9,13-14H,2-3,7-8,10H2,1H3/t13-/m0/s1. The molecule has 1 fully saturated rings. The molecule has 14 heavy (non-hydrogen) atoms. The second-order valence-corrected chi connectivity index (χ2v) is 4.34. The van der Waals surface area contributed by atoms with E-state index in [1.807, 2.05) is 0 Å². The summed E-state index contributed by atoms with van der Waals surface area (Å²) >= 11 is 0. The van der Waals surface area contributed by atoms with Crippen LogP contribution in [0.1, 0.15) is 30.4 Å². The van der Waals surface area contributed by atoms with E-state index < -0.39 is 0 Å². The van der Waals surface area contributed by atoms with Gasteiger partial charge in [0.05, 0.1) is 0 Å². The van der Waals surface area contributed by atoms with E-state index in [0.29, 0.717) is 6.04 Å². The molecule has 1 heteroatoms. The van der Waals surface area contributed by atoms with E-state index in [1.165, 1.54) is 43.4 Å². The Hall–Kier alpha value is -0.820. The van der Waals surface area contributed by atoms with Crippen LogP contribution >= 0.6 is 0 Å². The SMILES string of the molecule is Cc1cccc(C[C@@H]2CCCCN2)c1. The van der Waals surface area contributed by atoms with Gasteiger partial charge in [0, 0.05) is 6.04 Å². The fraction of sp³-hybridized carbons (Fsp3) is 0.538. The quantitative estimate of drug-likeness (QED) is 0.754. The third kappa shape index (κ3) is 2.58. The Labute approximate surface area is 86.5 Å². The number of hydrogen-bond donors (Lipinski definition) is 1. The normalized spacial score (nSPS) is 22.2. The van der Waals surface area contributed by atoms with Crippen molar-refractivity contribution in [3.63, 3.8) is 0 Å². The van der Waals surface area contributed by atoms with Crippen LogP contribution in [0.2, 0.25) is 0 Å². The Morgan fingerprint density at radius 2 is 2.29 bits per heavy atom. The zero-order chi connectivity index (χ0) is 9.80. The lowest BCUT2D eigenvalue weighted by Gasteiger charge is -2.23. The summed E-state index contributed by atoms with van der Waals surface area (Å²) in [4.78, 5) is 0. The molecule has 76 valence electrons. The molecule has 2 rings (SSSR count). The largest absolute Gasteiger partial charge is 0.314 e. The van der Waals surface area contributed by atoms with E-state index in [0.717, 1.165) is 0 Å². The molecule has 0 bridgehead atoms. The number of piperidine rings is 1. The van der Waals surface area contributed by atoms with Crippen molar-refractivity contribution in [1.29, 1.82) is 0 Å². The molecule has 1 N–H and O–H groups in total. The molecule has 1 heterocycles. The summed E-state index contributed by atoms with van der Waals surface area (Å²) in [5, 5.41) is 3.59. The van der Waals surface area contributed by atoms with Gasteiger partial charge in [0.15, 0.2) is 0 Å². The minimum atomic E-state index is 0.713. The van der Waals surface area contributed by atoms with E-state index in [4.69, 9.17) is 0 Å². The van der Waals surface area contributed by atoms with Gasteiger partial charge in [-0.2, -0.15) is 0 Å². The van der Waals surface area contributed by atoms with Crippen molar-refractivity contribution in [2.45, 2.75) is 38.6 Å². The molecule has 1 aromatic rings. The summed E-state index contributed by atoms with van der Waals surface area (Å²) < 4.78 is 0. The van der Waals surface area contributed by atoms with Crippen LogP contribution in [0.15, 0.2) is 24.3 Å². The monoisotopic (exact) mass is 189 g/mol. The van der Waals surface area contributed by atoms with E-state index in [-0.39, 0.29) is 0 Å². The molecule has 1 saturated heterocycles. The van der Waals surface area contributed by atoms with Crippen LogP contribution in [0.3, 0.4) is 0 Å². The van der Waals surface area contributed by atoms with E-state index >= 15 is 0 Å². The van der Waals surface area contributed by atoms with Crippen LogP contribution in [-0.2, 0) is 6.42 Å². The summed E-state index contributed by atoms with van der Waals surface area (Å²) in [7, 11) is 0. The summed E-state index contributed by atoms with van der Waals surface area (Å²) in [5.74, 6) is 0. The number of aryl methyl sites for hydroxylation is 1. The fourth-order valence-electron chi connectivity index (χ4n) is 2.22. The molecule has 0 amide bonds. The zero-order valence-electron chi connectivity index (χ0n) is 8.92. The Balaban J connectivity index is 1.95. The van der Waals surface area contributed by atoms with E-state index in [1.54, 1.807) is 0 Å². The predicted molar refractivity (Wildman–Crippen MR) is 60.5 cm³/mol. The molecular weight excluding hydrogens is 170 g/mol. The summed E-state index contributed by atoms with van der Waals surface area (Å²) in [5.41, 5.74) is 2.85. The highest BCUT2D eigenvalue weighted by atomic mass is 14.9. The first-order valence-corrected chi connectivity index (χ1v) is 5.63. The topological polar surface area (TPSA) is 12.0 Å². The lowest BCUT2D eigenvalue weighted by Crippen LogP contribution is -2.35. The van der Waals surface area contributed by atoms with Crippen molar-refractivity contribution in [2.75, 3.05) is 6.54 Å². The zero-order valence-corrected chi connectivity index (χ0v) is 8.92. The van der Waals surface area contributed by atoms with E-state index in [2.05, 4.69) is 36.5 Å². The maximum atomic E-state index is 3.59. The van der Waals surface area contributed by atoms with Gasteiger partial charge >= 0.3 is 0 Å². The minimum Gasteiger partial charge on any atom is -0.314 e. The summed E-state index contributed by atoms with van der Waals surface area (Å²) in [6.45, 7) is 3.37.